The zero-order valence-corrected chi connectivity index (χ0v) is 10.8. The normalized spacial score (nSPS) is 28.8. The smallest absolute Gasteiger partial charge is 0.317 e. The van der Waals surface area contributed by atoms with E-state index in [4.69, 9.17) is 5.73 Å². The van der Waals surface area contributed by atoms with E-state index in [1.54, 1.807) is 0 Å². The van der Waals surface area contributed by atoms with Crippen LogP contribution in [0.15, 0.2) is 0 Å². The van der Waals surface area contributed by atoms with Gasteiger partial charge in [-0.25, -0.2) is 4.79 Å². The van der Waals surface area contributed by atoms with Crippen molar-refractivity contribution in [2.24, 2.45) is 11.7 Å². The van der Waals surface area contributed by atoms with Crippen LogP contribution in [-0.4, -0.2) is 36.1 Å². The summed E-state index contributed by atoms with van der Waals surface area (Å²) in [5, 5.41) is 3.09. The first-order chi connectivity index (χ1) is 8.26. The summed E-state index contributed by atoms with van der Waals surface area (Å²) in [5.74, 6) is 0.494. The molecular weight excluding hydrogens is 214 g/mol. The van der Waals surface area contributed by atoms with E-state index < -0.39 is 0 Å². The molecule has 0 spiro atoms. The SMILES string of the molecule is CCN(C(=O)NC1CC1)C1CCCCC1CN. The number of amides is 2. The van der Waals surface area contributed by atoms with Crippen LogP contribution >= 0.6 is 0 Å². The molecule has 0 aromatic carbocycles. The van der Waals surface area contributed by atoms with Crippen molar-refractivity contribution in [1.29, 1.82) is 0 Å². The number of rotatable bonds is 4. The first-order valence-electron chi connectivity index (χ1n) is 7.03. The van der Waals surface area contributed by atoms with Crippen LogP contribution in [0.25, 0.3) is 0 Å². The van der Waals surface area contributed by atoms with Crippen molar-refractivity contribution in [2.75, 3.05) is 13.1 Å². The van der Waals surface area contributed by atoms with Gasteiger partial charge in [-0.1, -0.05) is 12.8 Å². The van der Waals surface area contributed by atoms with E-state index in [0.29, 0.717) is 24.5 Å². The molecule has 4 nitrogen and oxygen atoms in total. The summed E-state index contributed by atoms with van der Waals surface area (Å²) in [6.07, 6.45) is 7.08. The summed E-state index contributed by atoms with van der Waals surface area (Å²) in [6.45, 7) is 3.56. The highest BCUT2D eigenvalue weighted by molar-refractivity contribution is 5.75. The molecule has 2 fully saturated rings. The van der Waals surface area contributed by atoms with Gasteiger partial charge in [-0.3, -0.25) is 0 Å². The average molecular weight is 239 g/mol. The van der Waals surface area contributed by atoms with Gasteiger partial charge < -0.3 is 16.0 Å². The van der Waals surface area contributed by atoms with Gasteiger partial charge in [0.05, 0.1) is 0 Å². The zero-order valence-electron chi connectivity index (χ0n) is 10.8. The Labute approximate surface area is 104 Å². The summed E-state index contributed by atoms with van der Waals surface area (Å²) >= 11 is 0. The van der Waals surface area contributed by atoms with Crippen LogP contribution in [0.4, 0.5) is 4.79 Å². The van der Waals surface area contributed by atoms with Gasteiger partial charge in [-0.2, -0.15) is 0 Å². The zero-order chi connectivity index (χ0) is 12.3. The second kappa shape index (κ2) is 5.71. The molecule has 2 rings (SSSR count). The minimum atomic E-state index is 0.125. The van der Waals surface area contributed by atoms with E-state index in [-0.39, 0.29) is 6.03 Å². The van der Waals surface area contributed by atoms with E-state index in [2.05, 4.69) is 12.2 Å². The minimum absolute atomic E-state index is 0.125. The predicted octanol–water partition coefficient (Wildman–Crippen LogP) is 1.70. The number of nitrogens with zero attached hydrogens (tertiary/aromatic N) is 1. The van der Waals surface area contributed by atoms with Gasteiger partial charge in [-0.15, -0.1) is 0 Å². The highest BCUT2D eigenvalue weighted by Gasteiger charge is 2.33. The third-order valence-electron chi connectivity index (χ3n) is 4.08. The lowest BCUT2D eigenvalue weighted by Crippen LogP contribution is -2.51. The molecule has 2 aliphatic rings. The Balaban J connectivity index is 1.96. The second-order valence-electron chi connectivity index (χ2n) is 5.36. The van der Waals surface area contributed by atoms with Gasteiger partial charge >= 0.3 is 6.03 Å². The fourth-order valence-electron chi connectivity index (χ4n) is 2.89. The Hall–Kier alpha value is -0.770. The maximum atomic E-state index is 12.2. The molecule has 2 amide bonds. The number of carbonyl (C=O) groups is 1. The average Bonchev–Trinajstić information content (AvgIpc) is 3.14. The molecule has 2 unspecified atom stereocenters. The predicted molar refractivity (Wildman–Crippen MR) is 68.7 cm³/mol. The van der Waals surface area contributed by atoms with Crippen LogP contribution < -0.4 is 11.1 Å². The summed E-state index contributed by atoms with van der Waals surface area (Å²) in [7, 11) is 0. The Morgan fingerprint density at radius 3 is 2.59 bits per heavy atom. The Bertz CT molecular complexity index is 265. The number of nitrogens with two attached hydrogens (primary N) is 1. The van der Waals surface area contributed by atoms with Crippen LogP contribution in [-0.2, 0) is 0 Å². The van der Waals surface area contributed by atoms with Crippen molar-refractivity contribution >= 4 is 6.03 Å². The van der Waals surface area contributed by atoms with Crippen molar-refractivity contribution < 1.29 is 4.79 Å². The van der Waals surface area contributed by atoms with Gasteiger partial charge in [0.25, 0.3) is 0 Å². The van der Waals surface area contributed by atoms with E-state index in [1.165, 1.54) is 19.3 Å². The third kappa shape index (κ3) is 3.12. The molecule has 4 heteroatoms. The molecule has 0 aromatic rings. The quantitative estimate of drug-likeness (QED) is 0.784. The largest absolute Gasteiger partial charge is 0.335 e. The van der Waals surface area contributed by atoms with Crippen molar-refractivity contribution in [3.05, 3.63) is 0 Å². The molecule has 98 valence electrons. The second-order valence-corrected chi connectivity index (χ2v) is 5.36. The molecule has 17 heavy (non-hydrogen) atoms. The number of hydrogen-bond acceptors (Lipinski definition) is 2. The van der Waals surface area contributed by atoms with E-state index in [9.17, 15) is 4.79 Å². The van der Waals surface area contributed by atoms with Gasteiger partial charge in [0, 0.05) is 18.6 Å². The molecule has 0 aromatic heterocycles. The summed E-state index contributed by atoms with van der Waals surface area (Å²) in [4.78, 5) is 14.2. The van der Waals surface area contributed by atoms with Crippen LogP contribution in [0.3, 0.4) is 0 Å². The van der Waals surface area contributed by atoms with Crippen LogP contribution in [0, 0.1) is 5.92 Å². The van der Waals surface area contributed by atoms with Crippen molar-refractivity contribution in [1.82, 2.24) is 10.2 Å². The summed E-state index contributed by atoms with van der Waals surface area (Å²) in [6, 6.07) is 0.925. The molecule has 0 bridgehead atoms. The van der Waals surface area contributed by atoms with Gasteiger partial charge in [0.2, 0.25) is 0 Å². The molecule has 0 radical (unpaired) electrons. The van der Waals surface area contributed by atoms with Crippen LogP contribution in [0.2, 0.25) is 0 Å². The monoisotopic (exact) mass is 239 g/mol. The van der Waals surface area contributed by atoms with Crippen molar-refractivity contribution in [3.8, 4) is 0 Å². The molecule has 2 aliphatic carbocycles. The molecule has 2 atom stereocenters. The number of urea groups is 1. The Morgan fingerprint density at radius 2 is 2.00 bits per heavy atom. The highest BCUT2D eigenvalue weighted by atomic mass is 16.2. The van der Waals surface area contributed by atoms with Crippen molar-refractivity contribution in [2.45, 2.75) is 57.5 Å². The first kappa shape index (κ1) is 12.7. The summed E-state index contributed by atoms with van der Waals surface area (Å²) in [5.41, 5.74) is 5.84. The highest BCUT2D eigenvalue weighted by Crippen LogP contribution is 2.28. The molecule has 0 saturated heterocycles. The van der Waals surface area contributed by atoms with Crippen molar-refractivity contribution in [3.63, 3.8) is 0 Å². The fourth-order valence-corrected chi connectivity index (χ4v) is 2.89. The Morgan fingerprint density at radius 1 is 1.29 bits per heavy atom. The maximum Gasteiger partial charge on any atom is 0.317 e. The Kier molecular flexibility index (Phi) is 4.26. The molecule has 0 heterocycles. The van der Waals surface area contributed by atoms with E-state index in [0.717, 1.165) is 25.8 Å². The molecule has 0 aliphatic heterocycles. The lowest BCUT2D eigenvalue weighted by molar-refractivity contribution is 0.126. The molecule has 3 N–H and O–H groups in total. The van der Waals surface area contributed by atoms with Gasteiger partial charge in [0.15, 0.2) is 0 Å². The molecular formula is C13H25N3O. The van der Waals surface area contributed by atoms with Gasteiger partial charge in [-0.05, 0) is 45.1 Å². The van der Waals surface area contributed by atoms with Crippen LogP contribution in [0.1, 0.15) is 45.4 Å². The fraction of sp³-hybridized carbons (Fsp3) is 0.923. The summed E-state index contributed by atoms with van der Waals surface area (Å²) < 4.78 is 0. The lowest BCUT2D eigenvalue weighted by atomic mass is 9.83. The number of nitrogens with one attached hydrogen (secondary N) is 1. The topological polar surface area (TPSA) is 58.4 Å². The van der Waals surface area contributed by atoms with E-state index >= 15 is 0 Å². The van der Waals surface area contributed by atoms with E-state index in [1.807, 2.05) is 4.90 Å². The standard InChI is InChI=1S/C13H25N3O/c1-2-16(13(17)15-11-7-8-11)12-6-4-3-5-10(12)9-14/h10-12H,2-9,14H2,1H3,(H,15,17). The van der Waals surface area contributed by atoms with Gasteiger partial charge in [0.1, 0.15) is 0 Å². The first-order valence-corrected chi connectivity index (χ1v) is 7.03. The minimum Gasteiger partial charge on any atom is -0.335 e. The third-order valence-corrected chi connectivity index (χ3v) is 4.08. The van der Waals surface area contributed by atoms with Crippen LogP contribution in [0.5, 0.6) is 0 Å². The maximum absolute atomic E-state index is 12.2. The number of hydrogen-bond donors (Lipinski definition) is 2. The number of carbonyl (C=O) groups excluding carboxylic acids is 1. The molecule has 2 saturated carbocycles. The lowest BCUT2D eigenvalue weighted by Gasteiger charge is -2.39.